The van der Waals surface area contributed by atoms with Crippen LogP contribution in [0.25, 0.3) is 27.5 Å². The smallest absolute Gasteiger partial charge is 0.355 e. The summed E-state index contributed by atoms with van der Waals surface area (Å²) < 4.78 is 12.6. The van der Waals surface area contributed by atoms with E-state index in [0.717, 1.165) is 16.5 Å². The number of rotatable bonds is 6. The number of benzene rings is 3. The Bertz CT molecular complexity index is 1520. The summed E-state index contributed by atoms with van der Waals surface area (Å²) in [6, 6.07) is 28.2. The molecular weight excluding hydrogens is 426 g/mol. The summed E-state index contributed by atoms with van der Waals surface area (Å²) in [7, 11) is 1.59. The van der Waals surface area contributed by atoms with E-state index in [1.54, 1.807) is 38.3 Å². The first-order chi connectivity index (χ1) is 16.6. The van der Waals surface area contributed by atoms with E-state index in [0.29, 0.717) is 33.7 Å². The third kappa shape index (κ3) is 3.52. The van der Waals surface area contributed by atoms with E-state index in [4.69, 9.17) is 9.47 Å². The van der Waals surface area contributed by atoms with Gasteiger partial charge in [-0.05, 0) is 54.3 Å². The van der Waals surface area contributed by atoms with Crippen LogP contribution in [0.15, 0.2) is 91.0 Å². The van der Waals surface area contributed by atoms with Crippen molar-refractivity contribution in [2.45, 2.75) is 6.92 Å². The number of carbonyl (C=O) groups is 2. The Hall–Kier alpha value is -4.38. The quantitative estimate of drug-likeness (QED) is 0.230. The van der Waals surface area contributed by atoms with Gasteiger partial charge in [-0.3, -0.25) is 4.79 Å². The van der Waals surface area contributed by atoms with Crippen LogP contribution in [0.1, 0.15) is 33.3 Å². The maximum absolute atomic E-state index is 14.0. The average molecular weight is 450 g/mol. The number of esters is 1. The topological polar surface area (TPSA) is 57.0 Å². The number of nitrogens with zero attached hydrogens (tertiary/aromatic N) is 1. The molecule has 0 unspecified atom stereocenters. The molecule has 34 heavy (non-hydrogen) atoms. The van der Waals surface area contributed by atoms with Crippen molar-refractivity contribution in [3.63, 3.8) is 0 Å². The zero-order valence-electron chi connectivity index (χ0n) is 18.9. The van der Waals surface area contributed by atoms with Crippen molar-refractivity contribution in [3.8, 4) is 16.9 Å². The van der Waals surface area contributed by atoms with Gasteiger partial charge < -0.3 is 13.9 Å². The number of ketones is 1. The highest BCUT2D eigenvalue weighted by Gasteiger charge is 2.30. The van der Waals surface area contributed by atoms with Crippen LogP contribution in [-0.4, -0.2) is 29.9 Å². The fourth-order valence-electron chi connectivity index (χ4n) is 4.39. The largest absolute Gasteiger partial charge is 0.497 e. The highest BCUT2D eigenvalue weighted by molar-refractivity contribution is 6.21. The van der Waals surface area contributed by atoms with Crippen LogP contribution in [0.3, 0.4) is 0 Å². The first kappa shape index (κ1) is 21.5. The third-order valence-corrected chi connectivity index (χ3v) is 5.92. The van der Waals surface area contributed by atoms with Crippen molar-refractivity contribution < 1.29 is 19.1 Å². The van der Waals surface area contributed by atoms with Gasteiger partial charge in [0.15, 0.2) is 5.78 Å². The molecule has 0 N–H and O–H groups in total. The van der Waals surface area contributed by atoms with Gasteiger partial charge in [0.05, 0.1) is 30.3 Å². The Morgan fingerprint density at radius 2 is 1.50 bits per heavy atom. The van der Waals surface area contributed by atoms with Crippen molar-refractivity contribution in [2.75, 3.05) is 13.7 Å². The molecule has 3 aromatic carbocycles. The number of hydrogen-bond acceptors (Lipinski definition) is 4. The molecule has 0 aliphatic carbocycles. The van der Waals surface area contributed by atoms with Gasteiger partial charge in [-0.15, -0.1) is 0 Å². The summed E-state index contributed by atoms with van der Waals surface area (Å²) in [5.41, 5.74) is 4.14. The maximum Gasteiger partial charge on any atom is 0.355 e. The molecule has 5 aromatic rings. The van der Waals surface area contributed by atoms with E-state index in [1.165, 1.54) is 0 Å². The molecule has 0 radical (unpaired) electrons. The van der Waals surface area contributed by atoms with E-state index in [9.17, 15) is 9.59 Å². The first-order valence-electron chi connectivity index (χ1n) is 11.1. The Kier molecular flexibility index (Phi) is 5.60. The Morgan fingerprint density at radius 3 is 2.21 bits per heavy atom. The van der Waals surface area contributed by atoms with E-state index >= 15 is 0 Å². The lowest BCUT2D eigenvalue weighted by atomic mass is 9.94. The van der Waals surface area contributed by atoms with Gasteiger partial charge in [-0.25, -0.2) is 4.79 Å². The molecule has 0 atom stereocenters. The molecule has 0 aliphatic rings. The SMILES string of the molecule is CCOC(=O)c1c(-c2ccccc2)c(C(=O)c2ccc(OC)cc2)c2ccc3ccccc3n12. The number of hydrogen-bond donors (Lipinski definition) is 0. The summed E-state index contributed by atoms with van der Waals surface area (Å²) in [5, 5.41) is 0.957. The lowest BCUT2D eigenvalue weighted by molar-refractivity contribution is 0.0520. The minimum atomic E-state index is -0.471. The van der Waals surface area contributed by atoms with E-state index in [-0.39, 0.29) is 12.4 Å². The fraction of sp³-hybridized carbons (Fsp3) is 0.103. The standard InChI is InChI=1S/C29H23NO4/c1-3-34-29(32)27-25(20-10-5-4-6-11-20)26(28(31)21-13-16-22(33-2)17-14-21)24-18-15-19-9-7-8-12-23(19)30(24)27/h4-18H,3H2,1-2H3. The van der Waals surface area contributed by atoms with Gasteiger partial charge in [0.25, 0.3) is 0 Å². The summed E-state index contributed by atoms with van der Waals surface area (Å²) in [5.74, 6) is 0.0195. The molecule has 2 aromatic heterocycles. The van der Waals surface area contributed by atoms with Crippen LogP contribution in [-0.2, 0) is 4.74 Å². The van der Waals surface area contributed by atoms with Crippen LogP contribution in [0.5, 0.6) is 5.75 Å². The summed E-state index contributed by atoms with van der Waals surface area (Å²) in [6.45, 7) is 2.00. The second-order valence-corrected chi connectivity index (χ2v) is 7.86. The minimum absolute atomic E-state index is 0.176. The Balaban J connectivity index is 1.91. The molecule has 5 nitrogen and oxygen atoms in total. The van der Waals surface area contributed by atoms with Crippen LogP contribution in [0, 0.1) is 0 Å². The zero-order chi connectivity index (χ0) is 23.7. The lowest BCUT2D eigenvalue weighted by Crippen LogP contribution is -2.10. The summed E-state index contributed by atoms with van der Waals surface area (Å²) in [4.78, 5) is 27.4. The molecule has 0 spiro atoms. The Morgan fingerprint density at radius 1 is 0.794 bits per heavy atom. The molecule has 0 fully saturated rings. The number of pyridine rings is 1. The van der Waals surface area contributed by atoms with Gasteiger partial charge in [0, 0.05) is 11.1 Å². The molecule has 168 valence electrons. The van der Waals surface area contributed by atoms with Gasteiger partial charge in [-0.2, -0.15) is 0 Å². The maximum atomic E-state index is 14.0. The van der Waals surface area contributed by atoms with Crippen molar-refractivity contribution >= 4 is 28.2 Å². The molecule has 5 heteroatoms. The minimum Gasteiger partial charge on any atom is -0.497 e. The molecule has 2 heterocycles. The third-order valence-electron chi connectivity index (χ3n) is 5.92. The number of aromatic nitrogens is 1. The molecule has 0 aliphatic heterocycles. The molecule has 0 saturated carbocycles. The predicted octanol–water partition coefficient (Wildman–Crippen LogP) is 6.18. The van der Waals surface area contributed by atoms with Crippen LogP contribution < -0.4 is 4.74 Å². The highest BCUT2D eigenvalue weighted by Crippen LogP contribution is 2.37. The number of para-hydroxylation sites is 1. The lowest BCUT2D eigenvalue weighted by Gasteiger charge is -2.09. The number of ether oxygens (including phenoxy) is 2. The average Bonchev–Trinajstić information content (AvgIpc) is 3.25. The van der Waals surface area contributed by atoms with E-state index in [2.05, 4.69) is 0 Å². The first-order valence-corrected chi connectivity index (χ1v) is 11.1. The molecule has 0 bridgehead atoms. The normalized spacial score (nSPS) is 11.0. The van der Waals surface area contributed by atoms with Gasteiger partial charge >= 0.3 is 5.97 Å². The number of methoxy groups -OCH3 is 1. The van der Waals surface area contributed by atoms with Crippen molar-refractivity contribution in [2.24, 2.45) is 0 Å². The monoisotopic (exact) mass is 449 g/mol. The van der Waals surface area contributed by atoms with Crippen LogP contribution in [0.4, 0.5) is 0 Å². The van der Waals surface area contributed by atoms with E-state index < -0.39 is 5.97 Å². The molecular formula is C29H23NO4. The number of carbonyl (C=O) groups excluding carboxylic acids is 2. The fourth-order valence-corrected chi connectivity index (χ4v) is 4.39. The molecule has 5 rings (SSSR count). The van der Waals surface area contributed by atoms with Crippen LogP contribution >= 0.6 is 0 Å². The van der Waals surface area contributed by atoms with Crippen molar-refractivity contribution in [1.29, 1.82) is 0 Å². The van der Waals surface area contributed by atoms with Crippen molar-refractivity contribution in [1.82, 2.24) is 4.40 Å². The molecule has 0 amide bonds. The second kappa shape index (κ2) is 8.87. The number of fused-ring (bicyclic) bond motifs is 3. The highest BCUT2D eigenvalue weighted by atomic mass is 16.5. The van der Waals surface area contributed by atoms with E-state index in [1.807, 2.05) is 71.1 Å². The second-order valence-electron chi connectivity index (χ2n) is 7.86. The Labute approximate surface area is 197 Å². The zero-order valence-corrected chi connectivity index (χ0v) is 18.9. The predicted molar refractivity (Wildman–Crippen MR) is 133 cm³/mol. The summed E-state index contributed by atoms with van der Waals surface area (Å²) >= 11 is 0. The molecule has 0 saturated heterocycles. The van der Waals surface area contributed by atoms with Gasteiger partial charge in [0.2, 0.25) is 0 Å². The van der Waals surface area contributed by atoms with Gasteiger partial charge in [-0.1, -0.05) is 54.6 Å². The summed E-state index contributed by atoms with van der Waals surface area (Å²) in [6.07, 6.45) is 0. The van der Waals surface area contributed by atoms with Gasteiger partial charge in [0.1, 0.15) is 11.4 Å². The van der Waals surface area contributed by atoms with Crippen molar-refractivity contribution in [3.05, 3.63) is 108 Å². The van der Waals surface area contributed by atoms with Crippen LogP contribution in [0.2, 0.25) is 0 Å².